The third-order valence-electron chi connectivity index (χ3n) is 4.12. The Morgan fingerprint density at radius 3 is 2.58 bits per heavy atom. The van der Waals surface area contributed by atoms with Gasteiger partial charge in [-0.05, 0) is 42.9 Å². The van der Waals surface area contributed by atoms with E-state index in [2.05, 4.69) is 4.72 Å². The number of hydrogen-bond acceptors (Lipinski definition) is 4. The Morgan fingerprint density at radius 2 is 2.00 bits per heavy atom. The first-order valence-electron chi connectivity index (χ1n) is 8.80. The third-order valence-corrected chi connectivity index (χ3v) is 5.54. The Bertz CT molecular complexity index is 757. The molecule has 8 heteroatoms. The second kappa shape index (κ2) is 8.64. The van der Waals surface area contributed by atoms with E-state index < -0.39 is 16.0 Å². The number of carboxylic acid groups (broad SMARTS) is 1. The van der Waals surface area contributed by atoms with E-state index >= 15 is 0 Å². The van der Waals surface area contributed by atoms with Crippen molar-refractivity contribution in [2.24, 2.45) is 11.8 Å². The third kappa shape index (κ3) is 6.10. The molecule has 1 saturated carbocycles. The second-order valence-corrected chi connectivity index (χ2v) is 8.88. The van der Waals surface area contributed by atoms with Crippen LogP contribution < -0.4 is 4.72 Å². The SMILES string of the molecule is CC(C)CN(CCC(=O)O)C(=O)c1cccc(S(=O)(=O)NCC2CC2)c1. The van der Waals surface area contributed by atoms with Gasteiger partial charge in [-0.1, -0.05) is 19.9 Å². The van der Waals surface area contributed by atoms with Crippen molar-refractivity contribution in [1.82, 2.24) is 9.62 Å². The Kier molecular flexibility index (Phi) is 6.77. The molecule has 0 aliphatic heterocycles. The van der Waals surface area contributed by atoms with E-state index in [9.17, 15) is 18.0 Å². The first-order chi connectivity index (χ1) is 12.2. The molecule has 0 bridgehead atoms. The minimum absolute atomic E-state index is 0.0479. The summed E-state index contributed by atoms with van der Waals surface area (Å²) in [6.07, 6.45) is 1.92. The van der Waals surface area contributed by atoms with Gasteiger partial charge >= 0.3 is 5.97 Å². The maximum absolute atomic E-state index is 12.8. The molecule has 26 heavy (non-hydrogen) atoms. The molecule has 0 radical (unpaired) electrons. The summed E-state index contributed by atoms with van der Waals surface area (Å²) in [5, 5.41) is 8.88. The lowest BCUT2D eigenvalue weighted by molar-refractivity contribution is -0.137. The summed E-state index contributed by atoms with van der Waals surface area (Å²) in [5.74, 6) is -0.765. The molecule has 1 aliphatic carbocycles. The highest BCUT2D eigenvalue weighted by atomic mass is 32.2. The Morgan fingerprint density at radius 1 is 1.31 bits per heavy atom. The molecule has 1 aliphatic rings. The molecule has 0 spiro atoms. The minimum Gasteiger partial charge on any atom is -0.481 e. The van der Waals surface area contributed by atoms with Crippen molar-refractivity contribution in [2.45, 2.75) is 38.0 Å². The van der Waals surface area contributed by atoms with Crippen molar-refractivity contribution in [3.05, 3.63) is 29.8 Å². The van der Waals surface area contributed by atoms with E-state index in [0.717, 1.165) is 12.8 Å². The van der Waals surface area contributed by atoms with Gasteiger partial charge in [0.15, 0.2) is 0 Å². The summed E-state index contributed by atoms with van der Waals surface area (Å²) < 4.78 is 27.4. The summed E-state index contributed by atoms with van der Waals surface area (Å²) in [5.41, 5.74) is 0.241. The van der Waals surface area contributed by atoms with Crippen molar-refractivity contribution in [3.8, 4) is 0 Å². The zero-order chi connectivity index (χ0) is 19.3. The van der Waals surface area contributed by atoms with Crippen LogP contribution in [-0.4, -0.2) is 49.9 Å². The predicted octanol–water partition coefficient (Wildman–Crippen LogP) is 1.95. The Labute approximate surface area is 154 Å². The number of carboxylic acids is 1. The summed E-state index contributed by atoms with van der Waals surface area (Å²) in [4.78, 5) is 25.1. The first-order valence-corrected chi connectivity index (χ1v) is 10.3. The lowest BCUT2D eigenvalue weighted by Crippen LogP contribution is -2.36. The molecule has 1 fully saturated rings. The molecule has 0 saturated heterocycles. The molecular formula is C18H26N2O5S. The fraction of sp³-hybridized carbons (Fsp3) is 0.556. The normalized spacial score (nSPS) is 14.4. The highest BCUT2D eigenvalue weighted by Crippen LogP contribution is 2.28. The van der Waals surface area contributed by atoms with E-state index in [0.29, 0.717) is 19.0 Å². The standard InChI is InChI=1S/C18H26N2O5S/c1-13(2)12-20(9-8-17(21)22)18(23)15-4-3-5-16(10-15)26(24,25)19-11-14-6-7-14/h3-5,10,13-14,19H,6-9,11-12H2,1-2H3,(H,21,22). The van der Waals surface area contributed by atoms with Crippen LogP contribution in [0.1, 0.15) is 43.5 Å². The smallest absolute Gasteiger partial charge is 0.305 e. The number of nitrogens with one attached hydrogen (secondary N) is 1. The minimum atomic E-state index is -3.66. The zero-order valence-electron chi connectivity index (χ0n) is 15.1. The highest BCUT2D eigenvalue weighted by Gasteiger charge is 2.25. The Hall–Kier alpha value is -1.93. The van der Waals surface area contributed by atoms with Crippen LogP contribution in [0.25, 0.3) is 0 Å². The van der Waals surface area contributed by atoms with Gasteiger partial charge in [-0.3, -0.25) is 9.59 Å². The van der Waals surface area contributed by atoms with Crippen molar-refractivity contribution in [1.29, 1.82) is 0 Å². The average Bonchev–Trinajstić information content (AvgIpc) is 3.40. The van der Waals surface area contributed by atoms with Crippen LogP contribution in [-0.2, 0) is 14.8 Å². The largest absolute Gasteiger partial charge is 0.481 e. The van der Waals surface area contributed by atoms with Crippen molar-refractivity contribution in [2.75, 3.05) is 19.6 Å². The molecule has 2 rings (SSSR count). The molecule has 0 unspecified atom stereocenters. The van der Waals surface area contributed by atoms with E-state index in [1.807, 2.05) is 13.8 Å². The van der Waals surface area contributed by atoms with Crippen LogP contribution in [0, 0.1) is 11.8 Å². The van der Waals surface area contributed by atoms with Gasteiger partial charge in [0.2, 0.25) is 10.0 Å². The van der Waals surface area contributed by atoms with Crippen molar-refractivity contribution < 1.29 is 23.1 Å². The number of hydrogen-bond donors (Lipinski definition) is 2. The molecular weight excluding hydrogens is 356 g/mol. The lowest BCUT2D eigenvalue weighted by atomic mass is 10.1. The van der Waals surface area contributed by atoms with Gasteiger partial charge in [0.05, 0.1) is 11.3 Å². The average molecular weight is 382 g/mol. The monoisotopic (exact) mass is 382 g/mol. The van der Waals surface area contributed by atoms with E-state index in [-0.39, 0.29) is 35.2 Å². The van der Waals surface area contributed by atoms with E-state index in [1.165, 1.54) is 23.1 Å². The molecule has 144 valence electrons. The van der Waals surface area contributed by atoms with E-state index in [1.54, 1.807) is 6.07 Å². The summed E-state index contributed by atoms with van der Waals surface area (Å²) in [7, 11) is -3.66. The summed E-state index contributed by atoms with van der Waals surface area (Å²) in [6.45, 7) is 4.78. The molecule has 1 aromatic carbocycles. The quantitative estimate of drug-likeness (QED) is 0.644. The van der Waals surface area contributed by atoms with Gasteiger partial charge in [0.25, 0.3) is 5.91 Å². The fourth-order valence-electron chi connectivity index (χ4n) is 2.56. The van der Waals surface area contributed by atoms with Crippen molar-refractivity contribution >= 4 is 21.9 Å². The van der Waals surface area contributed by atoms with Gasteiger partial charge in [0.1, 0.15) is 0 Å². The maximum Gasteiger partial charge on any atom is 0.305 e. The van der Waals surface area contributed by atoms with Gasteiger partial charge in [0, 0.05) is 25.2 Å². The number of sulfonamides is 1. The molecule has 1 amide bonds. The number of carbonyl (C=O) groups is 2. The number of aliphatic carboxylic acids is 1. The van der Waals surface area contributed by atoms with Crippen molar-refractivity contribution in [3.63, 3.8) is 0 Å². The van der Waals surface area contributed by atoms with Gasteiger partial charge in [-0.2, -0.15) is 0 Å². The topological polar surface area (TPSA) is 104 Å². The van der Waals surface area contributed by atoms with Gasteiger partial charge in [-0.15, -0.1) is 0 Å². The molecule has 7 nitrogen and oxygen atoms in total. The summed E-state index contributed by atoms with van der Waals surface area (Å²) in [6, 6.07) is 5.89. The van der Waals surface area contributed by atoms with Gasteiger partial charge < -0.3 is 10.0 Å². The second-order valence-electron chi connectivity index (χ2n) is 7.11. The zero-order valence-corrected chi connectivity index (χ0v) is 16.0. The Balaban J connectivity index is 2.16. The van der Waals surface area contributed by atoms with Gasteiger partial charge in [-0.25, -0.2) is 13.1 Å². The maximum atomic E-state index is 12.8. The van der Waals surface area contributed by atoms with Crippen LogP contribution in [0.3, 0.4) is 0 Å². The molecule has 0 atom stereocenters. The van der Waals surface area contributed by atoms with Crippen LogP contribution in [0.4, 0.5) is 0 Å². The molecule has 1 aromatic rings. The fourth-order valence-corrected chi connectivity index (χ4v) is 3.72. The number of rotatable bonds is 10. The lowest BCUT2D eigenvalue weighted by Gasteiger charge is -2.24. The first kappa shape index (κ1) is 20.4. The predicted molar refractivity (Wildman–Crippen MR) is 97.3 cm³/mol. The van der Waals surface area contributed by atoms with Crippen LogP contribution in [0.2, 0.25) is 0 Å². The molecule has 0 heterocycles. The van der Waals surface area contributed by atoms with Crippen LogP contribution >= 0.6 is 0 Å². The molecule has 0 aromatic heterocycles. The summed E-state index contributed by atoms with van der Waals surface area (Å²) >= 11 is 0. The highest BCUT2D eigenvalue weighted by molar-refractivity contribution is 7.89. The number of benzene rings is 1. The number of nitrogens with zero attached hydrogens (tertiary/aromatic N) is 1. The van der Waals surface area contributed by atoms with E-state index in [4.69, 9.17) is 5.11 Å². The number of amides is 1. The van der Waals surface area contributed by atoms with Crippen LogP contribution in [0.5, 0.6) is 0 Å². The number of carbonyl (C=O) groups excluding carboxylic acids is 1. The van der Waals surface area contributed by atoms with Crippen LogP contribution in [0.15, 0.2) is 29.2 Å². The molecule has 2 N–H and O–H groups in total.